The van der Waals surface area contributed by atoms with Gasteiger partial charge in [-0.3, -0.25) is 4.79 Å². The third kappa shape index (κ3) is 2.75. The monoisotopic (exact) mass is 351 g/mol. The lowest BCUT2D eigenvalue weighted by molar-refractivity contribution is -0.116. The van der Waals surface area contributed by atoms with E-state index in [0.717, 1.165) is 17.7 Å². The fraction of sp³-hybridized carbons (Fsp3) is 0.312. The predicted octanol–water partition coefficient (Wildman–Crippen LogP) is 4.35. The Morgan fingerprint density at radius 2 is 2.19 bits per heavy atom. The number of anilines is 1. The van der Waals surface area contributed by atoms with Crippen LogP contribution in [-0.4, -0.2) is 5.91 Å². The lowest BCUT2D eigenvalue weighted by atomic mass is 9.98. The van der Waals surface area contributed by atoms with Crippen LogP contribution in [0.1, 0.15) is 40.8 Å². The van der Waals surface area contributed by atoms with Crippen molar-refractivity contribution in [3.05, 3.63) is 52.7 Å². The highest BCUT2D eigenvalue weighted by Crippen LogP contribution is 2.37. The number of benzene rings is 1. The Balaban J connectivity index is 1.96. The van der Waals surface area contributed by atoms with E-state index in [-0.39, 0.29) is 16.6 Å². The number of aryl methyl sites for hydroxylation is 2. The summed E-state index contributed by atoms with van der Waals surface area (Å²) in [4.78, 5) is 11.0. The average Bonchev–Trinajstić information content (AvgIpc) is 2.94. The molecule has 1 aromatic carbocycles. The van der Waals surface area contributed by atoms with Gasteiger partial charge >= 0.3 is 0 Å². The fourth-order valence-corrected chi connectivity index (χ4v) is 3.09. The van der Waals surface area contributed by atoms with Gasteiger partial charge < -0.3 is 9.73 Å². The first-order valence-corrected chi connectivity index (χ1v) is 7.85. The number of fused-ring (bicyclic) bond motifs is 1. The van der Waals surface area contributed by atoms with E-state index in [2.05, 4.69) is 21.2 Å². The van der Waals surface area contributed by atoms with Gasteiger partial charge in [-0.05, 0) is 36.2 Å². The van der Waals surface area contributed by atoms with Crippen LogP contribution in [0.15, 0.2) is 28.7 Å². The van der Waals surface area contributed by atoms with Crippen LogP contribution in [0.3, 0.4) is 0 Å². The Labute approximate surface area is 130 Å². The second kappa shape index (κ2) is 5.64. The van der Waals surface area contributed by atoms with Gasteiger partial charge in [-0.15, -0.1) is 0 Å². The van der Waals surface area contributed by atoms with Crippen LogP contribution in [0.2, 0.25) is 0 Å². The molecular formula is C16H15BrFNO2. The summed E-state index contributed by atoms with van der Waals surface area (Å²) in [5, 5.41) is 2.70. The van der Waals surface area contributed by atoms with E-state index < -0.39 is 0 Å². The van der Waals surface area contributed by atoms with Crippen molar-refractivity contribution in [1.82, 2.24) is 0 Å². The molecule has 3 rings (SSSR count). The van der Waals surface area contributed by atoms with Gasteiger partial charge in [0.1, 0.15) is 22.2 Å². The molecule has 5 heteroatoms. The molecule has 0 bridgehead atoms. The average molecular weight is 352 g/mol. The predicted molar refractivity (Wildman–Crippen MR) is 82.2 cm³/mol. The highest BCUT2D eigenvalue weighted by molar-refractivity contribution is 9.09. The van der Waals surface area contributed by atoms with Gasteiger partial charge in [0.2, 0.25) is 5.91 Å². The number of alkyl halides is 1. The number of halogens is 2. The van der Waals surface area contributed by atoms with E-state index >= 15 is 0 Å². The third-order valence-electron chi connectivity index (χ3n) is 3.67. The molecule has 0 saturated carbocycles. The summed E-state index contributed by atoms with van der Waals surface area (Å²) in [5.74, 6) is 1.14. The van der Waals surface area contributed by atoms with Crippen molar-refractivity contribution in [3.8, 4) is 0 Å². The summed E-state index contributed by atoms with van der Waals surface area (Å²) in [5.41, 5.74) is 2.06. The van der Waals surface area contributed by atoms with Gasteiger partial charge in [0.05, 0.1) is 0 Å². The number of rotatable bonds is 3. The molecule has 0 radical (unpaired) electrons. The molecule has 1 amide bonds. The smallest absolute Gasteiger partial charge is 0.224 e. The maximum absolute atomic E-state index is 14.3. The van der Waals surface area contributed by atoms with Crippen molar-refractivity contribution in [2.75, 3.05) is 5.32 Å². The molecular weight excluding hydrogens is 337 g/mol. The summed E-state index contributed by atoms with van der Waals surface area (Å²) in [6, 6.07) is 6.95. The highest BCUT2D eigenvalue weighted by atomic mass is 79.9. The molecule has 1 unspecified atom stereocenters. The van der Waals surface area contributed by atoms with E-state index in [1.165, 1.54) is 6.07 Å². The highest BCUT2D eigenvalue weighted by Gasteiger charge is 2.23. The third-order valence-corrected chi connectivity index (χ3v) is 4.62. The first-order chi connectivity index (χ1) is 10.1. The first-order valence-electron chi connectivity index (χ1n) is 6.93. The van der Waals surface area contributed by atoms with Crippen molar-refractivity contribution >= 4 is 27.5 Å². The van der Waals surface area contributed by atoms with E-state index in [9.17, 15) is 9.18 Å². The number of furan rings is 1. The van der Waals surface area contributed by atoms with Gasteiger partial charge in [-0.1, -0.05) is 22.9 Å². The summed E-state index contributed by atoms with van der Waals surface area (Å²) >= 11 is 3.51. The molecule has 1 aliphatic rings. The molecule has 2 aromatic rings. The minimum absolute atomic E-state index is 0.0661. The summed E-state index contributed by atoms with van der Waals surface area (Å²) < 4.78 is 20.0. The quantitative estimate of drug-likeness (QED) is 0.835. The van der Waals surface area contributed by atoms with Gasteiger partial charge in [-0.25, -0.2) is 4.39 Å². The van der Waals surface area contributed by atoms with Crippen LogP contribution in [0.5, 0.6) is 0 Å². The Morgan fingerprint density at radius 3 is 2.90 bits per heavy atom. The number of carbonyl (C=O) groups excluding carboxylic acids is 1. The molecule has 1 atom stereocenters. The van der Waals surface area contributed by atoms with Crippen molar-refractivity contribution in [3.63, 3.8) is 0 Å². The fourth-order valence-electron chi connectivity index (χ4n) is 2.49. The van der Waals surface area contributed by atoms with Crippen LogP contribution >= 0.6 is 15.9 Å². The van der Waals surface area contributed by atoms with Crippen LogP contribution in [-0.2, 0) is 17.6 Å². The summed E-state index contributed by atoms with van der Waals surface area (Å²) in [7, 11) is 0. The van der Waals surface area contributed by atoms with Gasteiger partial charge in [-0.2, -0.15) is 0 Å². The Kier molecular flexibility index (Phi) is 3.85. The van der Waals surface area contributed by atoms with E-state index in [1.54, 1.807) is 6.07 Å². The molecule has 1 aliphatic heterocycles. The lowest BCUT2D eigenvalue weighted by Gasteiger charge is -2.19. The molecule has 2 heterocycles. The molecule has 0 spiro atoms. The van der Waals surface area contributed by atoms with Gasteiger partial charge in [0, 0.05) is 24.1 Å². The molecule has 3 nitrogen and oxygen atoms in total. The number of hydrogen-bond donors (Lipinski definition) is 1. The van der Waals surface area contributed by atoms with E-state index in [1.807, 2.05) is 19.1 Å². The second-order valence-electron chi connectivity index (χ2n) is 5.10. The van der Waals surface area contributed by atoms with Crippen molar-refractivity contribution in [1.29, 1.82) is 0 Å². The number of amides is 1. The summed E-state index contributed by atoms with van der Waals surface area (Å²) in [6.07, 6.45) is 1.87. The van der Waals surface area contributed by atoms with E-state index in [0.29, 0.717) is 29.9 Å². The molecule has 0 aliphatic carbocycles. The molecule has 21 heavy (non-hydrogen) atoms. The van der Waals surface area contributed by atoms with Crippen molar-refractivity contribution < 1.29 is 13.6 Å². The topological polar surface area (TPSA) is 42.2 Å². The zero-order valence-electron chi connectivity index (χ0n) is 11.6. The Morgan fingerprint density at radius 1 is 1.38 bits per heavy atom. The molecule has 1 aromatic heterocycles. The number of hydrogen-bond acceptors (Lipinski definition) is 2. The largest absolute Gasteiger partial charge is 0.465 e. The second-order valence-corrected chi connectivity index (χ2v) is 6.01. The lowest BCUT2D eigenvalue weighted by Crippen LogP contribution is -2.19. The molecule has 0 saturated heterocycles. The maximum atomic E-state index is 14.3. The molecule has 110 valence electrons. The zero-order chi connectivity index (χ0) is 15.0. The molecule has 1 N–H and O–H groups in total. The summed E-state index contributed by atoms with van der Waals surface area (Å²) in [6.45, 7) is 2.01. The standard InChI is InChI=1S/C16H15BrFNO2/c1-2-10-4-5-14(21-10)16(17)11-7-9-3-6-15(20)19-13(9)8-12(11)18/h4-5,7-8,16H,2-3,6H2,1H3,(H,19,20). The number of carbonyl (C=O) groups is 1. The first kappa shape index (κ1) is 14.3. The maximum Gasteiger partial charge on any atom is 0.224 e. The van der Waals surface area contributed by atoms with E-state index in [4.69, 9.17) is 4.42 Å². The molecule has 0 fully saturated rings. The number of nitrogens with one attached hydrogen (secondary N) is 1. The van der Waals surface area contributed by atoms with Crippen LogP contribution in [0.25, 0.3) is 0 Å². The van der Waals surface area contributed by atoms with Crippen molar-refractivity contribution in [2.24, 2.45) is 0 Å². The Hall–Kier alpha value is -1.62. The van der Waals surface area contributed by atoms with Crippen molar-refractivity contribution in [2.45, 2.75) is 31.0 Å². The van der Waals surface area contributed by atoms with Crippen LogP contribution in [0, 0.1) is 5.82 Å². The zero-order valence-corrected chi connectivity index (χ0v) is 13.2. The van der Waals surface area contributed by atoms with Gasteiger partial charge in [0.25, 0.3) is 0 Å². The Bertz CT molecular complexity index is 696. The minimum Gasteiger partial charge on any atom is -0.465 e. The normalized spacial score (nSPS) is 15.5. The van der Waals surface area contributed by atoms with Crippen LogP contribution in [0.4, 0.5) is 10.1 Å². The minimum atomic E-state index is -0.354. The van der Waals surface area contributed by atoms with Gasteiger partial charge in [0.15, 0.2) is 0 Å². The SMILES string of the molecule is CCc1ccc(C(Br)c2cc3c(cc2F)NC(=O)CC3)o1. The van der Waals surface area contributed by atoms with Crippen LogP contribution < -0.4 is 5.32 Å².